The largest absolute Gasteiger partial charge is 0.492 e. The zero-order chi connectivity index (χ0) is 13.8. The molecule has 4 nitrogen and oxygen atoms in total. The normalized spacial score (nSPS) is 23.4. The third-order valence-corrected chi connectivity index (χ3v) is 4.26. The SMILES string of the molecule is NC1CCCc2cc(OCCN3CCOCC3)ccc21. The van der Waals surface area contributed by atoms with E-state index >= 15 is 0 Å². The molecule has 1 aromatic carbocycles. The summed E-state index contributed by atoms with van der Waals surface area (Å²) >= 11 is 0. The summed E-state index contributed by atoms with van der Waals surface area (Å²) in [7, 11) is 0. The Balaban J connectivity index is 1.52. The lowest BCUT2D eigenvalue weighted by molar-refractivity contribution is 0.0322. The smallest absolute Gasteiger partial charge is 0.119 e. The molecule has 0 saturated carbocycles. The van der Waals surface area contributed by atoms with Crippen LogP contribution in [-0.2, 0) is 11.2 Å². The van der Waals surface area contributed by atoms with Gasteiger partial charge in [-0.2, -0.15) is 0 Å². The van der Waals surface area contributed by atoms with E-state index in [0.29, 0.717) is 0 Å². The van der Waals surface area contributed by atoms with E-state index in [9.17, 15) is 0 Å². The van der Waals surface area contributed by atoms with E-state index in [-0.39, 0.29) is 6.04 Å². The Bertz CT molecular complexity index is 444. The minimum Gasteiger partial charge on any atom is -0.492 e. The summed E-state index contributed by atoms with van der Waals surface area (Å²) in [5, 5.41) is 0. The molecule has 0 aromatic heterocycles. The van der Waals surface area contributed by atoms with E-state index in [1.807, 2.05) is 0 Å². The van der Waals surface area contributed by atoms with Gasteiger partial charge in [0.2, 0.25) is 0 Å². The number of aryl methyl sites for hydroxylation is 1. The summed E-state index contributed by atoms with van der Waals surface area (Å²) in [6.07, 6.45) is 3.42. The lowest BCUT2D eigenvalue weighted by atomic mass is 9.88. The van der Waals surface area contributed by atoms with E-state index in [0.717, 1.165) is 58.0 Å². The van der Waals surface area contributed by atoms with E-state index in [1.165, 1.54) is 17.5 Å². The molecular formula is C16H24N2O2. The lowest BCUT2D eigenvalue weighted by Crippen LogP contribution is -2.38. The Labute approximate surface area is 120 Å². The quantitative estimate of drug-likeness (QED) is 0.910. The molecule has 1 fully saturated rings. The van der Waals surface area contributed by atoms with E-state index in [2.05, 4.69) is 23.1 Å². The summed E-state index contributed by atoms with van der Waals surface area (Å²) in [4.78, 5) is 2.39. The first-order valence-corrected chi connectivity index (χ1v) is 7.64. The molecule has 20 heavy (non-hydrogen) atoms. The van der Waals surface area contributed by atoms with Crippen LogP contribution in [0.4, 0.5) is 0 Å². The predicted molar refractivity (Wildman–Crippen MR) is 79.1 cm³/mol. The topological polar surface area (TPSA) is 47.7 Å². The molecule has 3 rings (SSSR count). The highest BCUT2D eigenvalue weighted by Gasteiger charge is 2.17. The van der Waals surface area contributed by atoms with Gasteiger partial charge in [0.05, 0.1) is 13.2 Å². The third kappa shape index (κ3) is 3.32. The molecule has 0 spiro atoms. The van der Waals surface area contributed by atoms with Gasteiger partial charge < -0.3 is 15.2 Å². The lowest BCUT2D eigenvalue weighted by Gasteiger charge is -2.26. The van der Waals surface area contributed by atoms with Gasteiger partial charge in [-0.1, -0.05) is 6.07 Å². The second-order valence-corrected chi connectivity index (χ2v) is 5.66. The number of hydrogen-bond acceptors (Lipinski definition) is 4. The van der Waals surface area contributed by atoms with Crippen LogP contribution in [-0.4, -0.2) is 44.4 Å². The molecule has 2 aliphatic rings. The first kappa shape index (κ1) is 13.9. The highest BCUT2D eigenvalue weighted by atomic mass is 16.5. The Morgan fingerprint density at radius 2 is 2.15 bits per heavy atom. The first-order chi connectivity index (χ1) is 9.83. The highest BCUT2D eigenvalue weighted by Crippen LogP contribution is 2.30. The molecule has 0 bridgehead atoms. The van der Waals surface area contributed by atoms with Crippen LogP contribution in [0.1, 0.15) is 30.0 Å². The average molecular weight is 276 g/mol. The highest BCUT2D eigenvalue weighted by molar-refractivity contribution is 5.38. The van der Waals surface area contributed by atoms with Crippen molar-refractivity contribution in [2.45, 2.75) is 25.3 Å². The summed E-state index contributed by atoms with van der Waals surface area (Å²) in [6, 6.07) is 6.58. The average Bonchev–Trinajstić information content (AvgIpc) is 2.48. The van der Waals surface area contributed by atoms with Gasteiger partial charge in [0.25, 0.3) is 0 Å². The maximum absolute atomic E-state index is 6.13. The van der Waals surface area contributed by atoms with Crippen molar-refractivity contribution in [1.29, 1.82) is 0 Å². The molecule has 2 N–H and O–H groups in total. The predicted octanol–water partition coefficient (Wildman–Crippen LogP) is 1.73. The number of morpholine rings is 1. The number of hydrogen-bond donors (Lipinski definition) is 1. The molecule has 1 saturated heterocycles. The van der Waals surface area contributed by atoms with Gasteiger partial charge in [-0.3, -0.25) is 4.90 Å². The van der Waals surface area contributed by atoms with Crippen LogP contribution in [0.2, 0.25) is 0 Å². The van der Waals surface area contributed by atoms with Crippen molar-refractivity contribution < 1.29 is 9.47 Å². The van der Waals surface area contributed by atoms with E-state index in [1.54, 1.807) is 0 Å². The van der Waals surface area contributed by atoms with Crippen molar-refractivity contribution in [2.24, 2.45) is 5.73 Å². The molecule has 1 heterocycles. The van der Waals surface area contributed by atoms with E-state index in [4.69, 9.17) is 15.2 Å². The van der Waals surface area contributed by atoms with Crippen molar-refractivity contribution in [3.05, 3.63) is 29.3 Å². The van der Waals surface area contributed by atoms with Crippen LogP contribution >= 0.6 is 0 Å². The Kier molecular flexibility index (Phi) is 4.55. The number of fused-ring (bicyclic) bond motifs is 1. The summed E-state index contributed by atoms with van der Waals surface area (Å²) in [5.74, 6) is 0.978. The second kappa shape index (κ2) is 6.57. The van der Waals surface area contributed by atoms with Gasteiger partial charge >= 0.3 is 0 Å². The zero-order valence-electron chi connectivity index (χ0n) is 12.0. The van der Waals surface area contributed by atoms with Crippen LogP contribution in [0.3, 0.4) is 0 Å². The monoisotopic (exact) mass is 276 g/mol. The van der Waals surface area contributed by atoms with Gasteiger partial charge in [0, 0.05) is 25.7 Å². The molecule has 1 aliphatic heterocycles. The molecular weight excluding hydrogens is 252 g/mol. The Morgan fingerprint density at radius 3 is 3.00 bits per heavy atom. The standard InChI is InChI=1S/C16H24N2O2/c17-16-3-1-2-13-12-14(4-5-15(13)16)20-11-8-18-6-9-19-10-7-18/h4-5,12,16H,1-3,6-11,17H2. The molecule has 0 amide bonds. The van der Waals surface area contributed by atoms with Crippen LogP contribution in [0.5, 0.6) is 5.75 Å². The first-order valence-electron chi connectivity index (χ1n) is 7.64. The molecule has 1 aliphatic carbocycles. The van der Waals surface area contributed by atoms with Crippen molar-refractivity contribution in [2.75, 3.05) is 39.5 Å². The van der Waals surface area contributed by atoms with Crippen molar-refractivity contribution in [3.8, 4) is 5.75 Å². The van der Waals surface area contributed by atoms with E-state index < -0.39 is 0 Å². The molecule has 0 radical (unpaired) electrons. The minimum absolute atomic E-state index is 0.209. The summed E-state index contributed by atoms with van der Waals surface area (Å²) < 4.78 is 11.2. The Morgan fingerprint density at radius 1 is 1.30 bits per heavy atom. The summed E-state index contributed by atoms with van der Waals surface area (Å²) in [5.41, 5.74) is 8.81. The van der Waals surface area contributed by atoms with Gasteiger partial charge in [0.15, 0.2) is 0 Å². The minimum atomic E-state index is 0.209. The van der Waals surface area contributed by atoms with Gasteiger partial charge in [0.1, 0.15) is 12.4 Å². The molecule has 1 aromatic rings. The Hall–Kier alpha value is -1.10. The fraction of sp³-hybridized carbons (Fsp3) is 0.625. The number of nitrogens with zero attached hydrogens (tertiary/aromatic N) is 1. The van der Waals surface area contributed by atoms with Crippen LogP contribution in [0.15, 0.2) is 18.2 Å². The number of benzene rings is 1. The van der Waals surface area contributed by atoms with Crippen LogP contribution < -0.4 is 10.5 Å². The van der Waals surface area contributed by atoms with Gasteiger partial charge in [-0.15, -0.1) is 0 Å². The van der Waals surface area contributed by atoms with Crippen molar-refractivity contribution in [3.63, 3.8) is 0 Å². The number of ether oxygens (including phenoxy) is 2. The number of rotatable bonds is 4. The van der Waals surface area contributed by atoms with Crippen molar-refractivity contribution >= 4 is 0 Å². The number of nitrogens with two attached hydrogens (primary N) is 1. The fourth-order valence-electron chi connectivity index (χ4n) is 3.04. The van der Waals surface area contributed by atoms with Crippen LogP contribution in [0, 0.1) is 0 Å². The maximum atomic E-state index is 6.13. The van der Waals surface area contributed by atoms with Gasteiger partial charge in [-0.25, -0.2) is 0 Å². The fourth-order valence-corrected chi connectivity index (χ4v) is 3.04. The maximum Gasteiger partial charge on any atom is 0.119 e. The molecule has 4 heteroatoms. The van der Waals surface area contributed by atoms with Crippen molar-refractivity contribution in [1.82, 2.24) is 4.90 Å². The second-order valence-electron chi connectivity index (χ2n) is 5.66. The van der Waals surface area contributed by atoms with Crippen LogP contribution in [0.25, 0.3) is 0 Å². The summed E-state index contributed by atoms with van der Waals surface area (Å²) in [6.45, 7) is 5.43. The molecule has 1 atom stereocenters. The molecule has 110 valence electrons. The zero-order valence-corrected chi connectivity index (χ0v) is 12.0. The van der Waals surface area contributed by atoms with Gasteiger partial charge in [-0.05, 0) is 42.5 Å². The molecule has 1 unspecified atom stereocenters. The third-order valence-electron chi connectivity index (χ3n) is 4.26.